The van der Waals surface area contributed by atoms with Crippen LogP contribution in [0.1, 0.15) is 44.2 Å². The summed E-state index contributed by atoms with van der Waals surface area (Å²) in [5, 5.41) is 3.02. The Labute approximate surface area is 162 Å². The van der Waals surface area contributed by atoms with E-state index < -0.39 is 11.8 Å². The van der Waals surface area contributed by atoms with Gasteiger partial charge in [0.05, 0.1) is 5.52 Å². The van der Waals surface area contributed by atoms with E-state index in [2.05, 4.69) is 5.32 Å². The zero-order valence-electron chi connectivity index (χ0n) is 15.8. The molecule has 2 aromatic carbocycles. The molecule has 1 aliphatic rings. The Kier molecular flexibility index (Phi) is 4.79. The number of halogens is 1. The minimum atomic E-state index is -0.692. The van der Waals surface area contributed by atoms with Crippen molar-refractivity contribution in [3.8, 4) is 0 Å². The van der Waals surface area contributed by atoms with Crippen molar-refractivity contribution in [3.63, 3.8) is 0 Å². The number of rotatable bonds is 5. The Morgan fingerprint density at radius 3 is 2.57 bits per heavy atom. The van der Waals surface area contributed by atoms with Gasteiger partial charge in [-0.15, -0.1) is 0 Å². The third-order valence-corrected chi connectivity index (χ3v) is 5.90. The van der Waals surface area contributed by atoms with E-state index in [4.69, 9.17) is 4.42 Å². The summed E-state index contributed by atoms with van der Waals surface area (Å²) in [6.07, 6.45) is 4.05. The van der Waals surface area contributed by atoms with Gasteiger partial charge in [-0.05, 0) is 49.6 Å². The van der Waals surface area contributed by atoms with Crippen LogP contribution in [-0.2, 0) is 10.2 Å². The average molecular weight is 382 g/mol. The van der Waals surface area contributed by atoms with Gasteiger partial charge >= 0.3 is 5.76 Å². The maximum atomic E-state index is 13.3. The molecule has 0 saturated heterocycles. The van der Waals surface area contributed by atoms with Gasteiger partial charge in [0.25, 0.3) is 0 Å². The predicted octanol–water partition coefficient (Wildman–Crippen LogP) is 3.92. The number of nitrogens with zero attached hydrogens (tertiary/aromatic N) is 1. The van der Waals surface area contributed by atoms with E-state index in [9.17, 15) is 14.0 Å². The topological polar surface area (TPSA) is 64.2 Å². The van der Waals surface area contributed by atoms with Crippen molar-refractivity contribution in [2.24, 2.45) is 0 Å². The number of fused-ring (bicyclic) bond motifs is 1. The smallest absolute Gasteiger partial charge is 0.408 e. The maximum Gasteiger partial charge on any atom is 0.420 e. The lowest BCUT2D eigenvalue weighted by Crippen LogP contribution is -2.42. The van der Waals surface area contributed by atoms with Gasteiger partial charge in [0.15, 0.2) is 5.58 Å². The molecule has 6 heteroatoms. The standard InChI is InChI=1S/C22H23FN2O3/c1-15(25-18-6-2-3-7-19(18)28-21(25)27)20(26)24-14-22(12-4-5-13-22)16-8-10-17(23)11-9-16/h2-3,6-11,15H,4-5,12-14H2,1H3,(H,24,26). The summed E-state index contributed by atoms with van der Waals surface area (Å²) >= 11 is 0. The van der Waals surface area contributed by atoms with Crippen LogP contribution in [-0.4, -0.2) is 17.0 Å². The molecule has 146 valence electrons. The maximum absolute atomic E-state index is 13.3. The summed E-state index contributed by atoms with van der Waals surface area (Å²) < 4.78 is 19.9. The van der Waals surface area contributed by atoms with Crippen molar-refractivity contribution in [3.05, 3.63) is 70.5 Å². The lowest BCUT2D eigenvalue weighted by atomic mass is 9.78. The molecule has 0 spiro atoms. The number of hydrogen-bond acceptors (Lipinski definition) is 3. The first kappa shape index (κ1) is 18.5. The molecular formula is C22H23FN2O3. The average Bonchev–Trinajstić information content (AvgIpc) is 3.30. The first-order valence-corrected chi connectivity index (χ1v) is 9.64. The van der Waals surface area contributed by atoms with Crippen molar-refractivity contribution in [1.29, 1.82) is 0 Å². The Morgan fingerprint density at radius 1 is 1.18 bits per heavy atom. The molecule has 1 fully saturated rings. The highest BCUT2D eigenvalue weighted by Crippen LogP contribution is 2.40. The molecule has 1 heterocycles. The summed E-state index contributed by atoms with van der Waals surface area (Å²) in [5.41, 5.74) is 1.92. The van der Waals surface area contributed by atoms with Crippen molar-refractivity contribution >= 4 is 17.0 Å². The van der Waals surface area contributed by atoms with Gasteiger partial charge in [0.2, 0.25) is 5.91 Å². The number of amides is 1. The highest BCUT2D eigenvalue weighted by Gasteiger charge is 2.36. The van der Waals surface area contributed by atoms with Gasteiger partial charge in [-0.2, -0.15) is 0 Å². The van der Waals surface area contributed by atoms with Crippen LogP contribution >= 0.6 is 0 Å². The first-order chi connectivity index (χ1) is 13.5. The van der Waals surface area contributed by atoms with Crippen LogP contribution in [0.2, 0.25) is 0 Å². The monoisotopic (exact) mass is 382 g/mol. The fraction of sp³-hybridized carbons (Fsp3) is 0.364. The van der Waals surface area contributed by atoms with E-state index in [0.29, 0.717) is 17.6 Å². The lowest BCUT2D eigenvalue weighted by Gasteiger charge is -2.30. The summed E-state index contributed by atoms with van der Waals surface area (Å²) in [6, 6.07) is 12.9. The molecule has 1 N–H and O–H groups in total. The summed E-state index contributed by atoms with van der Waals surface area (Å²) in [6.45, 7) is 2.16. The van der Waals surface area contributed by atoms with Crippen molar-refractivity contribution in [2.45, 2.75) is 44.1 Å². The minimum absolute atomic E-state index is 0.188. The number of nitrogens with one attached hydrogen (secondary N) is 1. The zero-order valence-corrected chi connectivity index (χ0v) is 15.8. The second kappa shape index (κ2) is 7.26. The fourth-order valence-electron chi connectivity index (χ4n) is 4.29. The quantitative estimate of drug-likeness (QED) is 0.727. The van der Waals surface area contributed by atoms with E-state index in [1.807, 2.05) is 12.1 Å². The summed E-state index contributed by atoms with van der Waals surface area (Å²) in [5.74, 6) is -1.04. The largest absolute Gasteiger partial charge is 0.420 e. The van der Waals surface area contributed by atoms with E-state index >= 15 is 0 Å². The second-order valence-corrected chi connectivity index (χ2v) is 7.59. The number of aromatic nitrogens is 1. The van der Waals surface area contributed by atoms with Gasteiger partial charge in [-0.25, -0.2) is 9.18 Å². The van der Waals surface area contributed by atoms with E-state index in [1.165, 1.54) is 16.7 Å². The number of carbonyl (C=O) groups is 1. The molecule has 1 aromatic heterocycles. The van der Waals surface area contributed by atoms with Crippen LogP contribution in [0.5, 0.6) is 0 Å². The molecule has 1 saturated carbocycles. The van der Waals surface area contributed by atoms with Crippen molar-refractivity contribution < 1.29 is 13.6 Å². The summed E-state index contributed by atoms with van der Waals surface area (Å²) in [4.78, 5) is 25.1. The Balaban J connectivity index is 1.55. The Bertz CT molecular complexity index is 1050. The van der Waals surface area contributed by atoms with E-state index in [1.54, 1.807) is 31.2 Å². The molecule has 1 unspecified atom stereocenters. The van der Waals surface area contributed by atoms with Crippen LogP contribution in [0, 0.1) is 5.82 Å². The van der Waals surface area contributed by atoms with Crippen molar-refractivity contribution in [2.75, 3.05) is 6.54 Å². The molecule has 5 nitrogen and oxygen atoms in total. The molecule has 1 amide bonds. The van der Waals surface area contributed by atoms with Crippen LogP contribution in [0.25, 0.3) is 11.1 Å². The lowest BCUT2D eigenvalue weighted by molar-refractivity contribution is -0.124. The SMILES string of the molecule is CC(C(=O)NCC1(c2ccc(F)cc2)CCCC1)n1c(=O)oc2ccccc21. The molecule has 1 atom stereocenters. The molecule has 0 bridgehead atoms. The third-order valence-electron chi connectivity index (χ3n) is 5.90. The third kappa shape index (κ3) is 3.23. The predicted molar refractivity (Wildman–Crippen MR) is 105 cm³/mol. The van der Waals surface area contributed by atoms with Gasteiger partial charge in [0.1, 0.15) is 11.9 Å². The highest BCUT2D eigenvalue weighted by molar-refractivity contribution is 5.83. The van der Waals surface area contributed by atoms with Crippen LogP contribution in [0.15, 0.2) is 57.7 Å². The van der Waals surface area contributed by atoms with Crippen molar-refractivity contribution in [1.82, 2.24) is 9.88 Å². The summed E-state index contributed by atoms with van der Waals surface area (Å²) in [7, 11) is 0. The van der Waals surface area contributed by atoms with E-state index in [0.717, 1.165) is 31.2 Å². The zero-order chi connectivity index (χ0) is 19.7. The molecule has 1 aliphatic carbocycles. The Morgan fingerprint density at radius 2 is 1.86 bits per heavy atom. The number of oxazole rings is 1. The fourth-order valence-corrected chi connectivity index (χ4v) is 4.29. The van der Waals surface area contributed by atoms with E-state index in [-0.39, 0.29) is 17.1 Å². The number of hydrogen-bond donors (Lipinski definition) is 1. The molecule has 4 rings (SSSR count). The number of carbonyl (C=O) groups excluding carboxylic acids is 1. The molecule has 28 heavy (non-hydrogen) atoms. The highest BCUT2D eigenvalue weighted by atomic mass is 19.1. The van der Waals surface area contributed by atoms with Gasteiger partial charge in [-0.1, -0.05) is 37.1 Å². The first-order valence-electron chi connectivity index (χ1n) is 9.64. The number of benzene rings is 2. The minimum Gasteiger partial charge on any atom is -0.408 e. The Hall–Kier alpha value is -2.89. The molecular weight excluding hydrogens is 359 g/mol. The molecule has 3 aromatic rings. The number of para-hydroxylation sites is 2. The van der Waals surface area contributed by atoms with Crippen LogP contribution in [0.4, 0.5) is 4.39 Å². The van der Waals surface area contributed by atoms with Gasteiger partial charge < -0.3 is 9.73 Å². The van der Waals surface area contributed by atoms with Gasteiger partial charge in [0, 0.05) is 12.0 Å². The van der Waals surface area contributed by atoms with Crippen LogP contribution in [0.3, 0.4) is 0 Å². The molecule has 0 radical (unpaired) electrons. The normalized spacial score (nSPS) is 16.9. The van der Waals surface area contributed by atoms with Crippen LogP contribution < -0.4 is 11.1 Å². The molecule has 0 aliphatic heterocycles. The second-order valence-electron chi connectivity index (χ2n) is 7.59. The van der Waals surface area contributed by atoms with Gasteiger partial charge in [-0.3, -0.25) is 9.36 Å².